The average Bonchev–Trinajstić information content (AvgIpc) is 2.66. The minimum atomic E-state index is -1.65. The fourth-order valence-corrected chi connectivity index (χ4v) is 2.56. The third kappa shape index (κ3) is 2.15. The molecule has 0 bridgehead atoms. The Hall–Kier alpha value is -1.33. The number of hydrogen-bond acceptors (Lipinski definition) is 2. The van der Waals surface area contributed by atoms with Crippen molar-refractivity contribution in [1.82, 2.24) is 0 Å². The van der Waals surface area contributed by atoms with E-state index in [4.69, 9.17) is 11.6 Å². The van der Waals surface area contributed by atoms with E-state index in [1.54, 1.807) is 6.92 Å². The van der Waals surface area contributed by atoms with Crippen LogP contribution in [0.1, 0.15) is 20.8 Å². The summed E-state index contributed by atoms with van der Waals surface area (Å²) in [4.78, 5) is 12.1. The topological polar surface area (TPSA) is 17.1 Å². The van der Waals surface area contributed by atoms with E-state index >= 15 is 0 Å². The summed E-state index contributed by atoms with van der Waals surface area (Å²) in [5.41, 5.74) is 0.167. The predicted molar refractivity (Wildman–Crippen MR) is 63.8 cm³/mol. The van der Waals surface area contributed by atoms with Crippen LogP contribution in [-0.4, -0.2) is 5.78 Å². The minimum absolute atomic E-state index is 0.183. The van der Waals surface area contributed by atoms with Crippen LogP contribution in [0.25, 0.3) is 0 Å². The maximum Gasteiger partial charge on any atom is 0.206 e. The highest BCUT2D eigenvalue weighted by atomic mass is 35.5. The summed E-state index contributed by atoms with van der Waals surface area (Å²) >= 11 is 6.76. The maximum absolute atomic E-state index is 13.4. The molecule has 1 aromatic heterocycles. The van der Waals surface area contributed by atoms with E-state index in [0.717, 1.165) is 17.4 Å². The van der Waals surface area contributed by atoms with Crippen LogP contribution >= 0.6 is 22.9 Å². The number of rotatable bonds is 2. The number of thiophene rings is 1. The van der Waals surface area contributed by atoms with Gasteiger partial charge in [0, 0.05) is 0 Å². The zero-order valence-electron chi connectivity index (χ0n) is 9.06. The van der Waals surface area contributed by atoms with Gasteiger partial charge in [0.2, 0.25) is 5.78 Å². The molecule has 0 radical (unpaired) electrons. The number of benzene rings is 1. The Kier molecular flexibility index (Phi) is 3.45. The van der Waals surface area contributed by atoms with Gasteiger partial charge in [-0.3, -0.25) is 4.79 Å². The van der Waals surface area contributed by atoms with Crippen LogP contribution in [-0.2, 0) is 0 Å². The summed E-state index contributed by atoms with van der Waals surface area (Å²) in [5, 5.41) is 0. The van der Waals surface area contributed by atoms with E-state index in [0.29, 0.717) is 16.0 Å². The summed E-state index contributed by atoms with van der Waals surface area (Å²) in [6.45, 7) is 1.69. The lowest BCUT2D eigenvalue weighted by molar-refractivity contribution is 0.103. The van der Waals surface area contributed by atoms with Gasteiger partial charge in [0.1, 0.15) is 0 Å². The molecule has 18 heavy (non-hydrogen) atoms. The van der Waals surface area contributed by atoms with Crippen molar-refractivity contribution in [3.05, 3.63) is 56.0 Å². The second kappa shape index (κ2) is 4.74. The van der Waals surface area contributed by atoms with Crippen molar-refractivity contribution in [2.24, 2.45) is 0 Å². The second-order valence-corrected chi connectivity index (χ2v) is 5.27. The van der Waals surface area contributed by atoms with Gasteiger partial charge in [-0.05, 0) is 30.7 Å². The SMILES string of the molecule is Cc1cc(C(=O)c2ccc(F)c(F)c2F)sc1Cl. The number of aryl methyl sites for hydroxylation is 1. The van der Waals surface area contributed by atoms with Crippen molar-refractivity contribution in [2.75, 3.05) is 0 Å². The highest BCUT2D eigenvalue weighted by molar-refractivity contribution is 7.18. The molecule has 1 aromatic carbocycles. The normalized spacial score (nSPS) is 10.7. The van der Waals surface area contributed by atoms with Crippen molar-refractivity contribution in [2.45, 2.75) is 6.92 Å². The van der Waals surface area contributed by atoms with Crippen molar-refractivity contribution in [3.8, 4) is 0 Å². The molecular weight excluding hydrogens is 285 g/mol. The minimum Gasteiger partial charge on any atom is -0.288 e. The maximum atomic E-state index is 13.4. The van der Waals surface area contributed by atoms with Crippen LogP contribution in [0, 0.1) is 24.4 Å². The summed E-state index contributed by atoms with van der Waals surface area (Å²) in [6.07, 6.45) is 0. The van der Waals surface area contributed by atoms with Crippen LogP contribution in [0.2, 0.25) is 4.34 Å². The first kappa shape index (κ1) is 13.1. The lowest BCUT2D eigenvalue weighted by Gasteiger charge is -2.02. The van der Waals surface area contributed by atoms with Crippen LogP contribution < -0.4 is 0 Å². The van der Waals surface area contributed by atoms with E-state index in [9.17, 15) is 18.0 Å². The van der Waals surface area contributed by atoms with Crippen molar-refractivity contribution < 1.29 is 18.0 Å². The van der Waals surface area contributed by atoms with E-state index in [2.05, 4.69) is 0 Å². The van der Waals surface area contributed by atoms with Gasteiger partial charge in [0.15, 0.2) is 17.5 Å². The van der Waals surface area contributed by atoms with Crippen molar-refractivity contribution >= 4 is 28.7 Å². The summed E-state index contributed by atoms with van der Waals surface area (Å²) in [7, 11) is 0. The Labute approximate surface area is 110 Å². The van der Waals surface area contributed by atoms with Gasteiger partial charge in [-0.1, -0.05) is 11.6 Å². The molecule has 0 aliphatic heterocycles. The molecule has 1 nitrogen and oxygen atoms in total. The molecule has 0 aliphatic rings. The number of halogens is 4. The van der Waals surface area contributed by atoms with Crippen LogP contribution in [0.3, 0.4) is 0 Å². The van der Waals surface area contributed by atoms with Gasteiger partial charge in [0.25, 0.3) is 0 Å². The highest BCUT2D eigenvalue weighted by Gasteiger charge is 2.21. The van der Waals surface area contributed by atoms with Gasteiger partial charge < -0.3 is 0 Å². The van der Waals surface area contributed by atoms with Gasteiger partial charge in [-0.15, -0.1) is 11.3 Å². The first-order valence-electron chi connectivity index (χ1n) is 4.86. The Balaban J connectivity index is 2.50. The first-order valence-corrected chi connectivity index (χ1v) is 6.05. The molecule has 0 amide bonds. The molecule has 2 aromatic rings. The number of carbonyl (C=O) groups is 1. The van der Waals surface area contributed by atoms with E-state index in [1.807, 2.05) is 0 Å². The van der Waals surface area contributed by atoms with Crippen LogP contribution in [0.4, 0.5) is 13.2 Å². The molecule has 0 spiro atoms. The largest absolute Gasteiger partial charge is 0.288 e. The molecule has 2 rings (SSSR count). The lowest BCUT2D eigenvalue weighted by Crippen LogP contribution is -2.05. The molecule has 0 atom stereocenters. The summed E-state index contributed by atoms with van der Waals surface area (Å²) in [6, 6.07) is 3.11. The number of carbonyl (C=O) groups excluding carboxylic acids is 1. The zero-order chi connectivity index (χ0) is 13.4. The third-order valence-corrected chi connectivity index (χ3v) is 3.91. The van der Waals surface area contributed by atoms with Gasteiger partial charge >= 0.3 is 0 Å². The van der Waals surface area contributed by atoms with Crippen molar-refractivity contribution in [3.63, 3.8) is 0 Å². The molecule has 6 heteroatoms. The van der Waals surface area contributed by atoms with Gasteiger partial charge in [0.05, 0.1) is 14.8 Å². The molecule has 94 valence electrons. The Morgan fingerprint density at radius 2 is 1.89 bits per heavy atom. The Bertz CT molecular complexity index is 617. The first-order chi connectivity index (χ1) is 8.41. The fourth-order valence-electron chi connectivity index (χ4n) is 1.41. The van der Waals surface area contributed by atoms with Crippen LogP contribution in [0.15, 0.2) is 18.2 Å². The van der Waals surface area contributed by atoms with Crippen molar-refractivity contribution in [1.29, 1.82) is 0 Å². The molecule has 1 heterocycles. The summed E-state index contributed by atoms with van der Waals surface area (Å²) < 4.78 is 39.6. The smallest absolute Gasteiger partial charge is 0.206 e. The van der Waals surface area contributed by atoms with E-state index < -0.39 is 28.8 Å². The highest BCUT2D eigenvalue weighted by Crippen LogP contribution is 2.29. The van der Waals surface area contributed by atoms with E-state index in [1.165, 1.54) is 6.07 Å². The number of ketones is 1. The zero-order valence-corrected chi connectivity index (χ0v) is 10.6. The Morgan fingerprint density at radius 3 is 2.44 bits per heavy atom. The lowest BCUT2D eigenvalue weighted by atomic mass is 10.1. The summed E-state index contributed by atoms with van der Waals surface area (Å²) in [5.74, 6) is -5.18. The molecule has 0 saturated carbocycles. The van der Waals surface area contributed by atoms with E-state index in [-0.39, 0.29) is 4.88 Å². The number of hydrogen-bond donors (Lipinski definition) is 0. The van der Waals surface area contributed by atoms with Gasteiger partial charge in [-0.2, -0.15) is 0 Å². The monoisotopic (exact) mass is 290 g/mol. The molecule has 0 unspecified atom stereocenters. The van der Waals surface area contributed by atoms with Gasteiger partial charge in [-0.25, -0.2) is 13.2 Å². The average molecular weight is 291 g/mol. The second-order valence-electron chi connectivity index (χ2n) is 3.62. The third-order valence-electron chi connectivity index (χ3n) is 2.36. The molecular formula is C12H6ClF3OS. The quantitative estimate of drug-likeness (QED) is 0.593. The standard InChI is InChI=1S/C12H6ClF3OS/c1-5-4-8(18-12(5)13)11(17)6-2-3-7(14)10(16)9(6)15/h2-4H,1H3. The van der Waals surface area contributed by atoms with Crippen LogP contribution in [0.5, 0.6) is 0 Å². The predicted octanol–water partition coefficient (Wildman–Crippen LogP) is 4.36. The fraction of sp³-hybridized carbons (Fsp3) is 0.0833. The molecule has 0 aliphatic carbocycles. The molecule has 0 saturated heterocycles. The molecule has 0 N–H and O–H groups in total. The Morgan fingerprint density at radius 1 is 1.22 bits per heavy atom. The molecule has 0 fully saturated rings.